The molecule has 8 heteroatoms. The minimum Gasteiger partial charge on any atom is -0.394 e. The summed E-state index contributed by atoms with van der Waals surface area (Å²) in [4.78, 5) is 49.5. The van der Waals surface area contributed by atoms with Gasteiger partial charge in [0.1, 0.15) is 11.6 Å². The van der Waals surface area contributed by atoms with Crippen molar-refractivity contribution in [2.24, 2.45) is 11.8 Å². The highest BCUT2D eigenvalue weighted by molar-refractivity contribution is 6.06. The number of fused-ring (bicyclic) bond motifs is 2. The number of nitrogens with zero attached hydrogens (tertiary/aromatic N) is 3. The van der Waals surface area contributed by atoms with E-state index in [-0.39, 0.29) is 30.9 Å². The maximum absolute atomic E-state index is 15.1. The van der Waals surface area contributed by atoms with E-state index in [2.05, 4.69) is 13.2 Å². The molecule has 2 unspecified atom stereocenters. The fourth-order valence-corrected chi connectivity index (χ4v) is 8.45. The van der Waals surface area contributed by atoms with Crippen molar-refractivity contribution in [1.29, 1.82) is 0 Å². The van der Waals surface area contributed by atoms with Crippen LogP contribution in [0.2, 0.25) is 0 Å². The number of aliphatic hydroxyl groups excluding tert-OH is 1. The van der Waals surface area contributed by atoms with Crippen LogP contribution in [0.25, 0.3) is 10.8 Å². The van der Waals surface area contributed by atoms with Crippen molar-refractivity contribution in [2.45, 2.75) is 69.4 Å². The second-order valence-corrected chi connectivity index (χ2v) is 13.1. The monoisotopic (exact) mass is 635 g/mol. The summed E-state index contributed by atoms with van der Waals surface area (Å²) in [6.45, 7) is 12.3. The minimum absolute atomic E-state index is 0.168. The Kier molecular flexibility index (Phi) is 9.09. The molecule has 3 aromatic rings. The number of hydrogen-bond acceptors (Lipinski definition) is 5. The van der Waals surface area contributed by atoms with E-state index in [0.717, 1.165) is 16.3 Å². The molecule has 6 rings (SSSR count). The van der Waals surface area contributed by atoms with E-state index < -0.39 is 35.1 Å². The predicted octanol–water partition coefficient (Wildman–Crippen LogP) is 5.50. The molecule has 3 fully saturated rings. The zero-order chi connectivity index (χ0) is 33.3. The molecular weight excluding hydrogens is 590 g/mol. The van der Waals surface area contributed by atoms with Gasteiger partial charge in [-0.3, -0.25) is 14.4 Å². The van der Waals surface area contributed by atoms with Gasteiger partial charge in [-0.1, -0.05) is 86.7 Å². The van der Waals surface area contributed by atoms with Crippen LogP contribution in [0.5, 0.6) is 0 Å². The Morgan fingerprint density at radius 3 is 2.34 bits per heavy atom. The van der Waals surface area contributed by atoms with Crippen molar-refractivity contribution in [3.8, 4) is 0 Å². The van der Waals surface area contributed by atoms with Crippen molar-refractivity contribution in [3.63, 3.8) is 0 Å². The minimum atomic E-state index is -1.21. The summed E-state index contributed by atoms with van der Waals surface area (Å²) < 4.78 is 7.05. The van der Waals surface area contributed by atoms with E-state index in [1.54, 1.807) is 26.9 Å². The van der Waals surface area contributed by atoms with Gasteiger partial charge in [0.15, 0.2) is 0 Å². The largest absolute Gasteiger partial charge is 0.394 e. The first kappa shape index (κ1) is 32.7. The van der Waals surface area contributed by atoms with Gasteiger partial charge in [-0.15, -0.1) is 13.2 Å². The van der Waals surface area contributed by atoms with Gasteiger partial charge in [0.25, 0.3) is 5.91 Å². The second-order valence-electron chi connectivity index (χ2n) is 13.1. The number of ether oxygens (including phenoxy) is 1. The summed E-state index contributed by atoms with van der Waals surface area (Å²) in [6, 6.07) is 22.0. The normalized spacial score (nSPS) is 26.7. The molecule has 3 aliphatic heterocycles. The molecule has 246 valence electrons. The molecule has 2 bridgehead atoms. The van der Waals surface area contributed by atoms with Gasteiger partial charge >= 0.3 is 0 Å². The Bertz CT molecular complexity index is 1670. The number of anilines is 1. The fourth-order valence-electron chi connectivity index (χ4n) is 8.45. The Balaban J connectivity index is 1.45. The van der Waals surface area contributed by atoms with Crippen LogP contribution in [0.3, 0.4) is 0 Å². The van der Waals surface area contributed by atoms with E-state index in [4.69, 9.17) is 4.74 Å². The Morgan fingerprint density at radius 1 is 0.979 bits per heavy atom. The van der Waals surface area contributed by atoms with Crippen molar-refractivity contribution in [3.05, 3.63) is 104 Å². The molecule has 0 aliphatic carbocycles. The molecule has 3 heterocycles. The first-order valence-corrected chi connectivity index (χ1v) is 16.8. The van der Waals surface area contributed by atoms with Crippen molar-refractivity contribution in [2.75, 3.05) is 24.6 Å². The number of hydrogen-bond donors (Lipinski definition) is 1. The lowest BCUT2D eigenvalue weighted by Crippen LogP contribution is -2.59. The van der Waals surface area contributed by atoms with Crippen molar-refractivity contribution in [1.82, 2.24) is 9.80 Å². The third-order valence-corrected chi connectivity index (χ3v) is 10.7. The molecule has 0 saturated carbocycles. The van der Waals surface area contributed by atoms with Gasteiger partial charge in [0, 0.05) is 25.3 Å². The fraction of sp³-hybridized carbons (Fsp3) is 0.410. The van der Waals surface area contributed by atoms with Crippen LogP contribution in [0.4, 0.5) is 5.69 Å². The van der Waals surface area contributed by atoms with E-state index in [1.165, 1.54) is 0 Å². The molecule has 1 N–H and O–H groups in total. The van der Waals surface area contributed by atoms with Gasteiger partial charge in [0.2, 0.25) is 11.8 Å². The first-order chi connectivity index (χ1) is 22.8. The molecule has 3 saturated heterocycles. The zero-order valence-electron chi connectivity index (χ0n) is 27.4. The third kappa shape index (κ3) is 5.28. The maximum Gasteiger partial charge on any atom is 0.253 e. The highest BCUT2D eigenvalue weighted by atomic mass is 16.5. The number of benzene rings is 3. The van der Waals surface area contributed by atoms with E-state index in [1.807, 2.05) is 86.6 Å². The van der Waals surface area contributed by atoms with Crippen LogP contribution in [0.15, 0.2) is 98.1 Å². The summed E-state index contributed by atoms with van der Waals surface area (Å²) in [5, 5.41) is 12.6. The highest BCUT2D eigenvalue weighted by Gasteiger charge is 2.79. The van der Waals surface area contributed by atoms with Gasteiger partial charge in [-0.2, -0.15) is 0 Å². The molecule has 3 amide bonds. The molecule has 3 aliphatic rings. The number of aliphatic hydroxyl groups is 1. The van der Waals surface area contributed by atoms with Crippen LogP contribution in [0, 0.1) is 11.8 Å². The van der Waals surface area contributed by atoms with Crippen LogP contribution in [0.1, 0.15) is 45.1 Å². The van der Waals surface area contributed by atoms with E-state index in [0.29, 0.717) is 44.5 Å². The summed E-state index contributed by atoms with van der Waals surface area (Å²) in [5.41, 5.74) is -0.439. The van der Waals surface area contributed by atoms with Crippen LogP contribution >= 0.6 is 0 Å². The lowest BCUT2D eigenvalue weighted by molar-refractivity contribution is -0.154. The highest BCUT2D eigenvalue weighted by Crippen LogP contribution is 2.65. The predicted molar refractivity (Wildman–Crippen MR) is 183 cm³/mol. The Morgan fingerprint density at radius 2 is 1.68 bits per heavy atom. The van der Waals surface area contributed by atoms with Crippen molar-refractivity contribution >= 4 is 34.2 Å². The standard InChI is InChI=1S/C39H45N3O5/c1-5-22-40(25-27-14-10-9-11-15-27)35(44)32-33-36(45)42(30(7-3)26-43)34(39(33)21-20-38(32,8-4)47-39)37(46)41(23-6-2)31-19-18-28-16-12-13-17-29(28)24-31/h5-6,9-19,24,30,32-34,43H,1-2,7-8,20-23,25-26H2,3-4H3/t30-,32-,33-,34?,38+,39?/m0/s1. The molecule has 0 aromatic heterocycles. The third-order valence-electron chi connectivity index (χ3n) is 10.7. The van der Waals surface area contributed by atoms with Gasteiger partial charge in [-0.05, 0) is 54.2 Å². The van der Waals surface area contributed by atoms with Gasteiger partial charge < -0.3 is 24.5 Å². The SMILES string of the molecule is C=CCN(Cc1ccccc1)C(=O)[C@@H]1[C@H]2C(=O)N([C@@H](CC)CO)C(C(=O)N(CC=C)c3ccc4ccccc4c3)C23CC[C@@]1(CC)O3. The maximum atomic E-state index is 15.1. The molecular formula is C39H45N3O5. The molecule has 0 radical (unpaired) electrons. The molecule has 1 spiro atoms. The summed E-state index contributed by atoms with van der Waals surface area (Å²) in [7, 11) is 0. The lowest BCUT2D eigenvalue weighted by Gasteiger charge is -2.39. The number of rotatable bonds is 13. The van der Waals surface area contributed by atoms with Crippen LogP contribution < -0.4 is 4.90 Å². The molecule has 8 nitrogen and oxygen atoms in total. The number of carbonyl (C=O) groups is 3. The topological polar surface area (TPSA) is 90.4 Å². The molecule has 6 atom stereocenters. The lowest BCUT2D eigenvalue weighted by atomic mass is 9.64. The summed E-state index contributed by atoms with van der Waals surface area (Å²) in [6.07, 6.45) is 5.38. The van der Waals surface area contributed by atoms with Crippen LogP contribution in [-0.2, 0) is 25.7 Å². The first-order valence-electron chi connectivity index (χ1n) is 16.8. The average molecular weight is 636 g/mol. The Labute approximate surface area is 277 Å². The second kappa shape index (κ2) is 13.1. The quantitative estimate of drug-likeness (QED) is 0.251. The number of likely N-dealkylation sites (tertiary alicyclic amines) is 1. The molecule has 47 heavy (non-hydrogen) atoms. The smallest absolute Gasteiger partial charge is 0.253 e. The molecule has 3 aromatic carbocycles. The zero-order valence-corrected chi connectivity index (χ0v) is 27.4. The van der Waals surface area contributed by atoms with Gasteiger partial charge in [-0.25, -0.2) is 0 Å². The number of carbonyl (C=O) groups excluding carboxylic acids is 3. The summed E-state index contributed by atoms with van der Waals surface area (Å²) in [5.74, 6) is -2.40. The number of amides is 3. The Hall–Kier alpha value is -4.27. The summed E-state index contributed by atoms with van der Waals surface area (Å²) >= 11 is 0. The van der Waals surface area contributed by atoms with E-state index in [9.17, 15) is 14.7 Å². The van der Waals surface area contributed by atoms with Gasteiger partial charge in [0.05, 0.1) is 30.1 Å². The van der Waals surface area contributed by atoms with E-state index >= 15 is 4.79 Å². The van der Waals surface area contributed by atoms with Crippen molar-refractivity contribution < 1.29 is 24.2 Å². The average Bonchev–Trinajstić information content (AvgIpc) is 3.71. The van der Waals surface area contributed by atoms with Crippen LogP contribution in [-0.4, -0.2) is 75.6 Å².